The molecule has 6 heterocycles. The van der Waals surface area contributed by atoms with E-state index in [-0.39, 0.29) is 53.9 Å². The topological polar surface area (TPSA) is 106 Å². The van der Waals surface area contributed by atoms with E-state index in [1.807, 2.05) is 35.3 Å². The third-order valence-corrected chi connectivity index (χ3v) is 11.5. The molecule has 46 heavy (non-hydrogen) atoms. The van der Waals surface area contributed by atoms with E-state index in [2.05, 4.69) is 36.8 Å². The zero-order valence-corrected chi connectivity index (χ0v) is 27.0. The van der Waals surface area contributed by atoms with E-state index >= 15 is 0 Å². The van der Waals surface area contributed by atoms with Crippen LogP contribution in [-0.2, 0) is 25.6 Å². The standard InChI is InChI=1S/C34H40BClN6O4/c1-2-23-10-11-24-9-8-21-15-19-39(29(21)32(45)41(23)24)31(44)28-13-12-25-14-17-34(33(46)42(25)28)16-5-18-40(34)30(43)27(37-38-35)20-22-6-3-4-7-26(22)36/h3-4,6-9,14,17,21,23-25,28-29,35H,2,5,10-13,15-16,18-20H2,1H3/b37-27-/t21-,23+,24-,25-,28-,29-,34+/m0/s1. The number of carbonyl (C=O) groups excluding carboxylic acids is 4. The first kappa shape index (κ1) is 31.0. The molecule has 0 radical (unpaired) electrons. The molecule has 1 aromatic rings. The molecule has 1 aromatic carbocycles. The second-order valence-electron chi connectivity index (χ2n) is 13.4. The SMILES string of the molecule is B=N/N=C(/Cc1ccccc1Cl)C(=O)N1CCC[C@]12C=C[C@@H]1CC[C@@H](C(=O)N3CC[C@@H]4C=C[C@H]5CC[C@@H](CC)N5C(=O)[C@H]43)N1C2=O. The minimum absolute atomic E-state index is 0.0164. The molecule has 0 unspecified atom stereocenters. The summed E-state index contributed by atoms with van der Waals surface area (Å²) in [5.41, 5.74) is -0.346. The Morgan fingerprint density at radius 1 is 1.00 bits per heavy atom. The van der Waals surface area contributed by atoms with Crippen molar-refractivity contribution in [2.24, 2.45) is 16.0 Å². The van der Waals surface area contributed by atoms with Gasteiger partial charge >= 0.3 is 198 Å². The third kappa shape index (κ3) is 4.88. The molecule has 0 aromatic heterocycles. The summed E-state index contributed by atoms with van der Waals surface area (Å²) in [5.74, 6) is -0.767. The van der Waals surface area contributed by atoms with Crippen molar-refractivity contribution in [3.8, 4) is 0 Å². The van der Waals surface area contributed by atoms with Gasteiger partial charge in [0, 0.05) is 12.0 Å². The van der Waals surface area contributed by atoms with E-state index in [1.165, 1.54) is 0 Å². The van der Waals surface area contributed by atoms with Gasteiger partial charge < -0.3 is 4.90 Å². The first-order valence-corrected chi connectivity index (χ1v) is 17.1. The van der Waals surface area contributed by atoms with Crippen molar-refractivity contribution in [3.63, 3.8) is 0 Å². The van der Waals surface area contributed by atoms with Crippen LogP contribution in [0.2, 0.25) is 5.02 Å². The molecule has 0 N–H and O–H groups in total. The van der Waals surface area contributed by atoms with Crippen LogP contribution in [0.3, 0.4) is 0 Å². The Kier molecular flexibility index (Phi) is 8.24. The van der Waals surface area contributed by atoms with Crippen LogP contribution in [0.15, 0.2) is 58.7 Å². The number of halogens is 1. The fourth-order valence-corrected chi connectivity index (χ4v) is 9.11. The quantitative estimate of drug-likeness (QED) is 0.206. The Balaban J connectivity index is 1.14. The van der Waals surface area contributed by atoms with E-state index in [0.29, 0.717) is 43.8 Å². The molecule has 0 aliphatic carbocycles. The molecule has 0 saturated carbocycles. The van der Waals surface area contributed by atoms with Gasteiger partial charge in [-0.2, -0.15) is 0 Å². The van der Waals surface area contributed by atoms with E-state index in [1.54, 1.807) is 20.8 Å². The summed E-state index contributed by atoms with van der Waals surface area (Å²) in [6.07, 6.45) is 14.2. The van der Waals surface area contributed by atoms with Crippen molar-refractivity contribution in [2.75, 3.05) is 13.1 Å². The van der Waals surface area contributed by atoms with Gasteiger partial charge in [-0.3, -0.25) is 4.79 Å². The Morgan fingerprint density at radius 3 is 2.57 bits per heavy atom. The average Bonchev–Trinajstić information content (AvgIpc) is 3.85. The van der Waals surface area contributed by atoms with Crippen molar-refractivity contribution in [3.05, 3.63) is 59.2 Å². The van der Waals surface area contributed by atoms with Crippen molar-refractivity contribution < 1.29 is 19.2 Å². The molecule has 7 rings (SSSR count). The van der Waals surface area contributed by atoms with Gasteiger partial charge in [0.25, 0.3) is 0 Å². The summed E-state index contributed by atoms with van der Waals surface area (Å²) < 4.78 is 0. The van der Waals surface area contributed by atoms with Crippen molar-refractivity contribution in [1.29, 1.82) is 0 Å². The minimum atomic E-state index is -1.22. The number of likely N-dealkylation sites (tertiary alicyclic amines) is 2. The number of benzene rings is 1. The van der Waals surface area contributed by atoms with Gasteiger partial charge in [0.1, 0.15) is 0 Å². The van der Waals surface area contributed by atoms with E-state index in [0.717, 1.165) is 31.2 Å². The molecule has 6 aliphatic rings. The van der Waals surface area contributed by atoms with Crippen LogP contribution in [0.5, 0.6) is 0 Å². The van der Waals surface area contributed by atoms with Crippen LogP contribution in [-0.4, -0.2) is 105 Å². The first-order chi connectivity index (χ1) is 22.3. The zero-order valence-electron chi connectivity index (χ0n) is 26.3. The van der Waals surface area contributed by atoms with Gasteiger partial charge in [0.05, 0.1) is 6.04 Å². The number of carbonyl (C=O) groups is 4. The van der Waals surface area contributed by atoms with E-state index in [4.69, 9.17) is 11.6 Å². The third-order valence-electron chi connectivity index (χ3n) is 11.2. The molecule has 0 bridgehead atoms. The maximum atomic E-state index is 14.6. The molecule has 12 heteroatoms. The maximum absolute atomic E-state index is 14.6. The number of fused-ring (bicyclic) bond motifs is 3. The van der Waals surface area contributed by atoms with Gasteiger partial charge in [-0.1, -0.05) is 19.1 Å². The van der Waals surface area contributed by atoms with Crippen LogP contribution in [0.4, 0.5) is 0 Å². The fourth-order valence-electron chi connectivity index (χ4n) is 8.91. The second-order valence-corrected chi connectivity index (χ2v) is 13.8. The van der Waals surface area contributed by atoms with Crippen molar-refractivity contribution in [2.45, 2.75) is 100 Å². The molecule has 4 amide bonds. The van der Waals surface area contributed by atoms with Crippen LogP contribution in [0, 0.1) is 5.92 Å². The molecule has 7 atom stereocenters. The van der Waals surface area contributed by atoms with Crippen LogP contribution in [0.25, 0.3) is 0 Å². The summed E-state index contributed by atoms with van der Waals surface area (Å²) in [6, 6.07) is 6.07. The second kappa shape index (κ2) is 12.2. The number of rotatable bonds is 6. The van der Waals surface area contributed by atoms with Crippen molar-refractivity contribution in [1.82, 2.24) is 19.6 Å². The van der Waals surface area contributed by atoms with Gasteiger partial charge in [-0.25, -0.2) is 0 Å². The summed E-state index contributed by atoms with van der Waals surface area (Å²) in [7, 11) is 3.47. The van der Waals surface area contributed by atoms with Gasteiger partial charge in [0.15, 0.2) is 0 Å². The monoisotopic (exact) mass is 642 g/mol. The zero-order chi connectivity index (χ0) is 32.2. The average molecular weight is 643 g/mol. The van der Waals surface area contributed by atoms with E-state index in [9.17, 15) is 19.2 Å². The normalized spacial score (nSPS) is 33.5. The number of hydrogen-bond donors (Lipinski definition) is 0. The van der Waals surface area contributed by atoms with E-state index < -0.39 is 23.5 Å². The Hall–Kier alpha value is -3.60. The summed E-state index contributed by atoms with van der Waals surface area (Å²) in [5, 5.41) is 8.26. The molecule has 1 spiro atoms. The van der Waals surface area contributed by atoms with Gasteiger partial charge in [-0.05, 0) is 25.7 Å². The summed E-state index contributed by atoms with van der Waals surface area (Å²) in [4.78, 5) is 64.3. The number of amides is 4. The van der Waals surface area contributed by atoms with Crippen LogP contribution >= 0.6 is 11.6 Å². The first-order valence-electron chi connectivity index (χ1n) is 16.7. The molecular weight excluding hydrogens is 603 g/mol. The molecule has 4 saturated heterocycles. The predicted molar refractivity (Wildman–Crippen MR) is 175 cm³/mol. The van der Waals surface area contributed by atoms with Gasteiger partial charge in [-0.15, -0.1) is 0 Å². The molecule has 6 aliphatic heterocycles. The number of nitrogens with zero attached hydrogens (tertiary/aromatic N) is 6. The van der Waals surface area contributed by atoms with Crippen molar-refractivity contribution >= 4 is 48.6 Å². The molecule has 10 nitrogen and oxygen atoms in total. The Bertz CT molecular complexity index is 1560. The molecular formula is C34H40BClN6O4. The summed E-state index contributed by atoms with van der Waals surface area (Å²) >= 11 is 6.40. The Labute approximate surface area is 275 Å². The predicted octanol–water partition coefficient (Wildman–Crippen LogP) is 3.17. The Morgan fingerprint density at radius 2 is 1.78 bits per heavy atom. The fraction of sp³-hybridized carbons (Fsp3) is 0.559. The van der Waals surface area contributed by atoms with Crippen LogP contribution in [0.1, 0.15) is 63.9 Å². The summed E-state index contributed by atoms with van der Waals surface area (Å²) in [6.45, 7) is 2.98. The molecule has 240 valence electrons. The number of hydrogen-bond acceptors (Lipinski definition) is 6. The van der Waals surface area contributed by atoms with Gasteiger partial charge in [0.2, 0.25) is 5.91 Å². The van der Waals surface area contributed by atoms with Crippen LogP contribution < -0.4 is 0 Å². The molecule has 4 fully saturated rings.